The zero-order valence-corrected chi connectivity index (χ0v) is 20.2. The molecule has 0 saturated heterocycles. The summed E-state index contributed by atoms with van der Waals surface area (Å²) in [5.74, 6) is 0. The third kappa shape index (κ3) is 2.76. The van der Waals surface area contributed by atoms with Crippen LogP contribution in [0.25, 0.3) is 47.7 Å². The van der Waals surface area contributed by atoms with E-state index in [0.717, 1.165) is 21.8 Å². The lowest BCUT2D eigenvalue weighted by Crippen LogP contribution is -2.41. The molecule has 0 radical (unpaired) electrons. The fourth-order valence-electron chi connectivity index (χ4n) is 5.66. The molecule has 8 rings (SSSR count). The van der Waals surface area contributed by atoms with Crippen molar-refractivity contribution >= 4 is 59.0 Å². The van der Waals surface area contributed by atoms with Gasteiger partial charge in [0.25, 0.3) is 0 Å². The van der Waals surface area contributed by atoms with Gasteiger partial charge in [0.15, 0.2) is 0 Å². The highest BCUT2D eigenvalue weighted by molar-refractivity contribution is 7.26. The number of hydrogen-bond acceptors (Lipinski definition) is 3. The van der Waals surface area contributed by atoms with E-state index in [0.29, 0.717) is 0 Å². The summed E-state index contributed by atoms with van der Waals surface area (Å²) < 4.78 is 5.03. The maximum atomic E-state index is 5.22. The molecule has 0 bridgehead atoms. The molecule has 3 heterocycles. The van der Waals surface area contributed by atoms with Crippen molar-refractivity contribution in [3.05, 3.63) is 131 Å². The number of nitrogens with zero attached hydrogens (tertiary/aromatic N) is 2. The molecule has 1 N–H and O–H groups in total. The minimum Gasteiger partial charge on any atom is -0.345 e. The number of rotatable bonds is 2. The van der Waals surface area contributed by atoms with Crippen LogP contribution >= 0.6 is 11.3 Å². The Labute approximate surface area is 211 Å². The van der Waals surface area contributed by atoms with Crippen LogP contribution in [0.1, 0.15) is 11.9 Å². The van der Waals surface area contributed by atoms with Crippen LogP contribution in [-0.2, 0) is 0 Å². The minimum absolute atomic E-state index is 0.260. The van der Waals surface area contributed by atoms with Gasteiger partial charge in [-0.1, -0.05) is 91.0 Å². The topological polar surface area (TPSA) is 29.3 Å². The van der Waals surface area contributed by atoms with Gasteiger partial charge < -0.3 is 9.88 Å². The van der Waals surface area contributed by atoms with Crippen LogP contribution in [0.5, 0.6) is 0 Å². The molecule has 0 spiro atoms. The third-order valence-electron chi connectivity index (χ3n) is 7.23. The second kappa shape index (κ2) is 7.54. The first-order valence-electron chi connectivity index (χ1n) is 12.2. The predicted molar refractivity (Wildman–Crippen MR) is 151 cm³/mol. The molecular formula is C32H21N3S. The van der Waals surface area contributed by atoms with E-state index in [1.54, 1.807) is 0 Å². The van der Waals surface area contributed by atoms with Gasteiger partial charge in [-0.2, -0.15) is 0 Å². The van der Waals surface area contributed by atoms with Gasteiger partial charge in [0.05, 0.1) is 22.1 Å². The summed E-state index contributed by atoms with van der Waals surface area (Å²) >= 11 is 1.88. The van der Waals surface area contributed by atoms with E-state index in [4.69, 9.17) is 4.99 Å². The first-order valence-corrected chi connectivity index (χ1v) is 13.0. The molecule has 170 valence electrons. The van der Waals surface area contributed by atoms with E-state index in [-0.39, 0.29) is 6.29 Å². The molecule has 7 aromatic rings. The Morgan fingerprint density at radius 1 is 0.639 bits per heavy atom. The highest BCUT2D eigenvalue weighted by Crippen LogP contribution is 2.43. The Hall–Kier alpha value is -4.41. The number of thiophene rings is 1. The molecule has 36 heavy (non-hydrogen) atoms. The Morgan fingerprint density at radius 2 is 1.39 bits per heavy atom. The van der Waals surface area contributed by atoms with E-state index in [1.165, 1.54) is 42.0 Å². The van der Waals surface area contributed by atoms with Crippen LogP contribution in [0.15, 0.2) is 120 Å². The van der Waals surface area contributed by atoms with Crippen LogP contribution in [-0.4, -0.2) is 4.57 Å². The highest BCUT2D eigenvalue weighted by Gasteiger charge is 2.23. The van der Waals surface area contributed by atoms with Crippen molar-refractivity contribution in [3.63, 3.8) is 0 Å². The van der Waals surface area contributed by atoms with Crippen molar-refractivity contribution in [1.82, 2.24) is 9.88 Å². The summed E-state index contributed by atoms with van der Waals surface area (Å²) in [7, 11) is 0. The molecule has 1 aliphatic heterocycles. The molecule has 1 atom stereocenters. The van der Waals surface area contributed by atoms with Crippen molar-refractivity contribution in [1.29, 1.82) is 0 Å². The Morgan fingerprint density at radius 3 is 2.31 bits per heavy atom. The van der Waals surface area contributed by atoms with Gasteiger partial charge in [-0.15, -0.1) is 11.3 Å². The van der Waals surface area contributed by atoms with Gasteiger partial charge in [-0.05, 0) is 29.8 Å². The number of fused-ring (bicyclic) bond motifs is 8. The van der Waals surface area contributed by atoms with Crippen molar-refractivity contribution in [3.8, 4) is 0 Å². The lowest BCUT2D eigenvalue weighted by molar-refractivity contribution is 0.490. The molecule has 0 saturated carbocycles. The van der Waals surface area contributed by atoms with E-state index in [9.17, 15) is 0 Å². The van der Waals surface area contributed by atoms with Gasteiger partial charge in [0, 0.05) is 36.2 Å². The van der Waals surface area contributed by atoms with Gasteiger partial charge in [-0.25, -0.2) is 4.99 Å². The van der Waals surface area contributed by atoms with Gasteiger partial charge >= 0.3 is 0 Å². The van der Waals surface area contributed by atoms with Crippen molar-refractivity contribution in [2.24, 2.45) is 4.99 Å². The van der Waals surface area contributed by atoms with Crippen LogP contribution in [0.2, 0.25) is 0 Å². The Balaban J connectivity index is 1.45. The van der Waals surface area contributed by atoms with Crippen LogP contribution in [0, 0.1) is 0 Å². The third-order valence-corrected chi connectivity index (χ3v) is 8.44. The number of nitrogens with one attached hydrogen (secondary N) is 1. The van der Waals surface area contributed by atoms with E-state index >= 15 is 0 Å². The zero-order chi connectivity index (χ0) is 23.6. The summed E-state index contributed by atoms with van der Waals surface area (Å²) in [6.45, 7) is 0. The molecule has 1 aliphatic rings. The predicted octanol–water partition coefficient (Wildman–Crippen LogP) is 6.70. The van der Waals surface area contributed by atoms with Crippen molar-refractivity contribution in [2.45, 2.75) is 6.29 Å². The molecule has 3 nitrogen and oxygen atoms in total. The fourth-order valence-corrected chi connectivity index (χ4v) is 6.92. The fraction of sp³-hybridized carbons (Fsp3) is 0.0312. The summed E-state index contributed by atoms with van der Waals surface area (Å²) in [4.78, 5) is 5.22. The van der Waals surface area contributed by atoms with Crippen molar-refractivity contribution < 1.29 is 0 Å². The SMILES string of the molecule is c1ccc(C2=c3ccccc3=NC(n3c4ccccc4c4c5sc6ccccc6c5ccc43)N2)cc1. The van der Waals surface area contributed by atoms with Crippen LogP contribution < -0.4 is 15.9 Å². The van der Waals surface area contributed by atoms with Gasteiger partial charge in [0.2, 0.25) is 6.29 Å². The monoisotopic (exact) mass is 479 g/mol. The lowest BCUT2D eigenvalue weighted by Gasteiger charge is -2.25. The molecular weight excluding hydrogens is 458 g/mol. The van der Waals surface area contributed by atoms with Crippen molar-refractivity contribution in [2.75, 3.05) is 0 Å². The molecule has 0 fully saturated rings. The lowest BCUT2D eigenvalue weighted by atomic mass is 10.1. The first kappa shape index (κ1) is 19.8. The maximum absolute atomic E-state index is 5.22. The molecule has 4 heteroatoms. The Bertz CT molecular complexity index is 2080. The second-order valence-electron chi connectivity index (χ2n) is 9.23. The summed E-state index contributed by atoms with van der Waals surface area (Å²) in [6.07, 6.45) is -0.260. The normalized spacial score (nSPS) is 15.3. The molecule has 0 amide bonds. The van der Waals surface area contributed by atoms with Crippen LogP contribution in [0.3, 0.4) is 0 Å². The summed E-state index contributed by atoms with van der Waals surface area (Å²) in [6, 6.07) is 41.0. The summed E-state index contributed by atoms with van der Waals surface area (Å²) in [5.41, 5.74) is 4.66. The number of aromatic nitrogens is 1. The molecule has 0 aliphatic carbocycles. The first-order chi connectivity index (χ1) is 17.9. The van der Waals surface area contributed by atoms with Gasteiger partial charge in [-0.3, -0.25) is 0 Å². The smallest absolute Gasteiger partial charge is 0.201 e. The molecule has 1 unspecified atom stereocenters. The second-order valence-corrected chi connectivity index (χ2v) is 10.3. The van der Waals surface area contributed by atoms with E-state index in [2.05, 4.69) is 125 Å². The average Bonchev–Trinajstić information content (AvgIpc) is 3.48. The standard InChI is InChI=1S/C32H21N3S/c1-2-10-20(11-3-1)30-23-13-4-7-15-25(23)33-32(34-30)35-26-16-8-5-14-24(26)29-27(35)19-18-22-21-12-6-9-17-28(21)36-31(22)29/h1-19,32,34H. The number of benzene rings is 5. The average molecular weight is 480 g/mol. The minimum atomic E-state index is -0.260. The van der Waals surface area contributed by atoms with E-state index < -0.39 is 0 Å². The maximum Gasteiger partial charge on any atom is 0.201 e. The van der Waals surface area contributed by atoms with Gasteiger partial charge in [0.1, 0.15) is 0 Å². The molecule has 5 aromatic carbocycles. The summed E-state index contributed by atoms with van der Waals surface area (Å²) in [5, 5.41) is 11.2. The zero-order valence-electron chi connectivity index (χ0n) is 19.3. The highest BCUT2D eigenvalue weighted by atomic mass is 32.1. The largest absolute Gasteiger partial charge is 0.345 e. The Kier molecular flexibility index (Phi) is 4.16. The number of para-hydroxylation sites is 2. The van der Waals surface area contributed by atoms with Crippen LogP contribution in [0.4, 0.5) is 0 Å². The number of hydrogen-bond donors (Lipinski definition) is 1. The van der Waals surface area contributed by atoms with E-state index in [1.807, 2.05) is 11.3 Å². The quantitative estimate of drug-likeness (QED) is 0.294. The molecule has 2 aromatic heterocycles.